The van der Waals surface area contributed by atoms with Gasteiger partial charge in [0.2, 0.25) is 5.91 Å². The fourth-order valence-corrected chi connectivity index (χ4v) is 2.42. The van der Waals surface area contributed by atoms with E-state index < -0.39 is 0 Å². The first kappa shape index (κ1) is 15.6. The minimum Gasteiger partial charge on any atom is -0.506 e. The molecule has 0 saturated heterocycles. The van der Waals surface area contributed by atoms with Crippen LogP contribution < -0.4 is 5.32 Å². The number of anilines is 1. The normalized spacial score (nSPS) is 10.8. The standard InChI is InChI=1S/C16H13BrClNO2/c1-10-8-13(9-14(17)16(10)21)19-15(20)7-4-11-2-5-12(18)6-3-11/h2-9,21H,1H3,(H,19,20)/b7-4+. The molecule has 0 aliphatic heterocycles. The number of rotatable bonds is 3. The Kier molecular flexibility index (Phi) is 5.04. The Labute approximate surface area is 136 Å². The summed E-state index contributed by atoms with van der Waals surface area (Å²) in [5.41, 5.74) is 2.18. The summed E-state index contributed by atoms with van der Waals surface area (Å²) in [5.74, 6) is -0.0772. The second-order valence-electron chi connectivity index (χ2n) is 4.50. The van der Waals surface area contributed by atoms with E-state index in [0.29, 0.717) is 20.7 Å². The zero-order valence-corrected chi connectivity index (χ0v) is 13.6. The average Bonchev–Trinajstić information content (AvgIpc) is 2.44. The predicted molar refractivity (Wildman–Crippen MR) is 89.7 cm³/mol. The van der Waals surface area contributed by atoms with E-state index >= 15 is 0 Å². The third-order valence-corrected chi connectivity index (χ3v) is 3.68. The van der Waals surface area contributed by atoms with Crippen molar-refractivity contribution in [2.45, 2.75) is 6.92 Å². The van der Waals surface area contributed by atoms with Crippen LogP contribution in [0.5, 0.6) is 5.75 Å². The lowest BCUT2D eigenvalue weighted by Crippen LogP contribution is -2.07. The molecule has 0 aliphatic rings. The first-order valence-electron chi connectivity index (χ1n) is 6.19. The van der Waals surface area contributed by atoms with Crippen LogP contribution in [0.1, 0.15) is 11.1 Å². The van der Waals surface area contributed by atoms with Gasteiger partial charge in [0.05, 0.1) is 4.47 Å². The van der Waals surface area contributed by atoms with E-state index in [4.69, 9.17) is 11.6 Å². The SMILES string of the molecule is Cc1cc(NC(=O)/C=C/c2ccc(Cl)cc2)cc(Br)c1O. The van der Waals surface area contributed by atoms with Crippen molar-refractivity contribution in [1.29, 1.82) is 0 Å². The molecule has 0 spiro atoms. The number of aryl methyl sites for hydroxylation is 1. The highest BCUT2D eigenvalue weighted by Crippen LogP contribution is 2.30. The van der Waals surface area contributed by atoms with Gasteiger partial charge in [-0.15, -0.1) is 0 Å². The zero-order valence-electron chi connectivity index (χ0n) is 11.2. The monoisotopic (exact) mass is 365 g/mol. The molecular weight excluding hydrogens is 354 g/mol. The number of hydrogen-bond donors (Lipinski definition) is 2. The smallest absolute Gasteiger partial charge is 0.248 e. The Bertz CT molecular complexity index is 673. The molecule has 0 atom stereocenters. The Balaban J connectivity index is 2.06. The summed E-state index contributed by atoms with van der Waals surface area (Å²) in [4.78, 5) is 11.9. The summed E-state index contributed by atoms with van der Waals surface area (Å²) in [7, 11) is 0. The van der Waals surface area contributed by atoms with E-state index in [2.05, 4.69) is 21.2 Å². The maximum absolute atomic E-state index is 11.9. The van der Waals surface area contributed by atoms with Gasteiger partial charge in [-0.2, -0.15) is 0 Å². The van der Waals surface area contributed by atoms with Gasteiger partial charge in [0.25, 0.3) is 0 Å². The maximum Gasteiger partial charge on any atom is 0.248 e. The third-order valence-electron chi connectivity index (χ3n) is 2.82. The van der Waals surface area contributed by atoms with Crippen LogP contribution in [-0.2, 0) is 4.79 Å². The minimum absolute atomic E-state index is 0.171. The number of benzene rings is 2. The van der Waals surface area contributed by atoms with E-state index in [1.54, 1.807) is 37.3 Å². The van der Waals surface area contributed by atoms with E-state index in [1.807, 2.05) is 12.1 Å². The van der Waals surface area contributed by atoms with Crippen molar-refractivity contribution in [3.8, 4) is 5.75 Å². The second kappa shape index (κ2) is 6.78. The molecule has 2 rings (SSSR count). The fourth-order valence-electron chi connectivity index (χ4n) is 1.74. The fraction of sp³-hybridized carbons (Fsp3) is 0.0625. The van der Waals surface area contributed by atoms with Gasteiger partial charge >= 0.3 is 0 Å². The van der Waals surface area contributed by atoms with Crippen LogP contribution in [0.3, 0.4) is 0 Å². The molecule has 21 heavy (non-hydrogen) atoms. The van der Waals surface area contributed by atoms with Crippen molar-refractivity contribution < 1.29 is 9.90 Å². The summed E-state index contributed by atoms with van der Waals surface area (Å²) >= 11 is 9.03. The number of amides is 1. The third kappa shape index (κ3) is 4.34. The molecule has 0 bridgehead atoms. The maximum atomic E-state index is 11.9. The van der Waals surface area contributed by atoms with Crippen LogP contribution in [0.25, 0.3) is 6.08 Å². The van der Waals surface area contributed by atoms with Crippen molar-refractivity contribution >= 4 is 45.2 Å². The van der Waals surface area contributed by atoms with E-state index in [9.17, 15) is 9.90 Å². The molecule has 2 N–H and O–H groups in total. The largest absolute Gasteiger partial charge is 0.506 e. The van der Waals surface area contributed by atoms with Crippen molar-refractivity contribution in [2.75, 3.05) is 5.32 Å². The van der Waals surface area contributed by atoms with Crippen LogP contribution in [-0.4, -0.2) is 11.0 Å². The first-order chi connectivity index (χ1) is 9.95. The summed E-state index contributed by atoms with van der Waals surface area (Å²) in [5, 5.41) is 13.0. The number of aromatic hydroxyl groups is 1. The van der Waals surface area contributed by atoms with Crippen molar-refractivity contribution in [2.24, 2.45) is 0 Å². The van der Waals surface area contributed by atoms with E-state index in [-0.39, 0.29) is 11.7 Å². The highest BCUT2D eigenvalue weighted by atomic mass is 79.9. The predicted octanol–water partition coefficient (Wildman–Crippen LogP) is 4.77. The average molecular weight is 367 g/mol. The molecule has 3 nitrogen and oxygen atoms in total. The number of halogens is 2. The van der Waals surface area contributed by atoms with Crippen molar-refractivity contribution in [3.63, 3.8) is 0 Å². The quantitative estimate of drug-likeness (QED) is 0.607. The van der Waals surface area contributed by atoms with Gasteiger partial charge in [0.15, 0.2) is 0 Å². The van der Waals surface area contributed by atoms with Gasteiger partial charge < -0.3 is 10.4 Å². The minimum atomic E-state index is -0.248. The van der Waals surface area contributed by atoms with Crippen molar-refractivity contribution in [3.05, 3.63) is 63.1 Å². The number of carbonyl (C=O) groups excluding carboxylic acids is 1. The second-order valence-corrected chi connectivity index (χ2v) is 5.79. The highest BCUT2D eigenvalue weighted by molar-refractivity contribution is 9.10. The van der Waals surface area contributed by atoms with E-state index in [0.717, 1.165) is 5.56 Å². The molecule has 2 aromatic rings. The molecule has 0 aliphatic carbocycles. The molecular formula is C16H13BrClNO2. The molecule has 0 aromatic heterocycles. The molecule has 2 aromatic carbocycles. The van der Waals surface area contributed by atoms with Crippen LogP contribution in [0, 0.1) is 6.92 Å². The van der Waals surface area contributed by atoms with Gasteiger partial charge in [-0.1, -0.05) is 23.7 Å². The molecule has 0 saturated carbocycles. The van der Waals surface area contributed by atoms with Crippen LogP contribution in [0.4, 0.5) is 5.69 Å². The summed E-state index contributed by atoms with van der Waals surface area (Å²) in [6.07, 6.45) is 3.15. The van der Waals surface area contributed by atoms with E-state index in [1.165, 1.54) is 6.08 Å². The van der Waals surface area contributed by atoms with Crippen molar-refractivity contribution in [1.82, 2.24) is 0 Å². The molecule has 108 valence electrons. The first-order valence-corrected chi connectivity index (χ1v) is 7.36. The molecule has 5 heteroatoms. The van der Waals surface area contributed by atoms with Gasteiger partial charge in [-0.3, -0.25) is 4.79 Å². The lowest BCUT2D eigenvalue weighted by Gasteiger charge is -2.07. The molecule has 0 fully saturated rings. The van der Waals surface area contributed by atoms with Crippen LogP contribution in [0.15, 0.2) is 46.9 Å². The van der Waals surface area contributed by atoms with Gasteiger partial charge in [-0.05, 0) is 64.3 Å². The lowest BCUT2D eigenvalue weighted by atomic mass is 10.2. The molecule has 0 unspecified atom stereocenters. The zero-order chi connectivity index (χ0) is 15.4. The Morgan fingerprint density at radius 2 is 1.95 bits per heavy atom. The Hall–Kier alpha value is -1.78. The molecule has 0 radical (unpaired) electrons. The molecule has 1 amide bonds. The summed E-state index contributed by atoms with van der Waals surface area (Å²) < 4.78 is 0.541. The summed E-state index contributed by atoms with van der Waals surface area (Å²) in [6.45, 7) is 1.76. The number of phenolic OH excluding ortho intramolecular Hbond substituents is 1. The van der Waals surface area contributed by atoms with Gasteiger partial charge in [0, 0.05) is 16.8 Å². The lowest BCUT2D eigenvalue weighted by molar-refractivity contribution is -0.111. The Morgan fingerprint density at radius 1 is 1.29 bits per heavy atom. The summed E-state index contributed by atoms with van der Waals surface area (Å²) in [6, 6.07) is 10.5. The van der Waals surface area contributed by atoms with Crippen LogP contribution >= 0.6 is 27.5 Å². The number of phenols is 1. The van der Waals surface area contributed by atoms with Crippen LogP contribution in [0.2, 0.25) is 5.02 Å². The number of hydrogen-bond acceptors (Lipinski definition) is 2. The molecule has 0 heterocycles. The topological polar surface area (TPSA) is 49.3 Å². The number of carbonyl (C=O) groups is 1. The number of nitrogens with one attached hydrogen (secondary N) is 1. The Morgan fingerprint density at radius 3 is 2.57 bits per heavy atom. The van der Waals surface area contributed by atoms with Gasteiger partial charge in [-0.25, -0.2) is 0 Å². The highest BCUT2D eigenvalue weighted by Gasteiger charge is 2.06. The van der Waals surface area contributed by atoms with Gasteiger partial charge in [0.1, 0.15) is 5.75 Å².